The Morgan fingerprint density at radius 1 is 0.903 bits per heavy atom. The highest BCUT2D eigenvalue weighted by Gasteiger charge is 2.11. The zero-order valence-electron chi connectivity index (χ0n) is 19.2. The quantitative estimate of drug-likeness (QED) is 0.210. The first-order valence-corrected chi connectivity index (χ1v) is 11.2. The van der Waals surface area contributed by atoms with Crippen molar-refractivity contribution in [3.8, 4) is 0 Å². The molecule has 2 rings (SSSR count). The van der Waals surface area contributed by atoms with E-state index in [4.69, 9.17) is 9.47 Å². The van der Waals surface area contributed by atoms with Crippen LogP contribution in [0.2, 0.25) is 0 Å². The van der Waals surface area contributed by atoms with E-state index < -0.39 is 0 Å². The van der Waals surface area contributed by atoms with Gasteiger partial charge in [-0.3, -0.25) is 4.79 Å². The fourth-order valence-electron chi connectivity index (χ4n) is 2.93. The van der Waals surface area contributed by atoms with Crippen LogP contribution in [0.15, 0.2) is 58.8 Å². The molecule has 31 heavy (non-hydrogen) atoms. The number of hydrogen-bond donors (Lipinski definition) is 0. The van der Waals surface area contributed by atoms with Crippen LogP contribution in [0.5, 0.6) is 0 Å². The molecule has 0 spiro atoms. The van der Waals surface area contributed by atoms with Crippen LogP contribution in [0.25, 0.3) is 0 Å². The van der Waals surface area contributed by atoms with Gasteiger partial charge in [0, 0.05) is 25.2 Å². The van der Waals surface area contributed by atoms with E-state index in [2.05, 4.69) is 41.1 Å². The number of esters is 1. The van der Waals surface area contributed by atoms with Gasteiger partial charge in [-0.2, -0.15) is 10.2 Å². The maximum Gasteiger partial charge on any atom is 0.308 e. The van der Waals surface area contributed by atoms with Crippen molar-refractivity contribution in [1.82, 2.24) is 0 Å². The first kappa shape index (κ1) is 24.5. The molecule has 0 radical (unpaired) electrons. The smallest absolute Gasteiger partial charge is 0.308 e. The van der Waals surface area contributed by atoms with Crippen molar-refractivity contribution in [2.75, 3.05) is 31.2 Å². The van der Waals surface area contributed by atoms with Crippen LogP contribution in [0.3, 0.4) is 0 Å². The lowest BCUT2D eigenvalue weighted by molar-refractivity contribution is -0.148. The Labute approximate surface area is 186 Å². The lowest BCUT2D eigenvalue weighted by Crippen LogP contribution is -2.21. The fourth-order valence-corrected chi connectivity index (χ4v) is 2.93. The van der Waals surface area contributed by atoms with E-state index in [0.29, 0.717) is 26.2 Å². The number of rotatable bonds is 13. The van der Waals surface area contributed by atoms with E-state index in [9.17, 15) is 4.79 Å². The zero-order valence-corrected chi connectivity index (χ0v) is 19.2. The summed E-state index contributed by atoms with van der Waals surface area (Å²) >= 11 is 0. The number of nitrogens with zero attached hydrogens (tertiary/aromatic N) is 3. The molecule has 0 saturated carbocycles. The third kappa shape index (κ3) is 8.50. The molecule has 168 valence electrons. The van der Waals surface area contributed by atoms with Crippen LogP contribution in [-0.2, 0) is 20.9 Å². The van der Waals surface area contributed by atoms with Gasteiger partial charge in [-0.25, -0.2) is 0 Å². The molecule has 0 aliphatic carbocycles. The zero-order chi connectivity index (χ0) is 22.5. The molecule has 2 aromatic rings. The van der Waals surface area contributed by atoms with Gasteiger partial charge in [-0.15, -0.1) is 0 Å². The Bertz CT molecular complexity index is 800. The van der Waals surface area contributed by atoms with E-state index >= 15 is 0 Å². The van der Waals surface area contributed by atoms with E-state index in [1.54, 1.807) is 0 Å². The standard InChI is InChI=1S/C25H35N3O3/c1-5-20(4)25(29)31-18-8-17-30-19-21-9-11-22(12-10-21)26-27-23-13-15-24(16-14-23)28(6-2)7-3/h9-16,20H,5-8,17-19H2,1-4H3. The van der Waals surface area contributed by atoms with Gasteiger partial charge < -0.3 is 14.4 Å². The summed E-state index contributed by atoms with van der Waals surface area (Å²) in [6.07, 6.45) is 1.50. The van der Waals surface area contributed by atoms with Gasteiger partial charge in [0.1, 0.15) is 0 Å². The van der Waals surface area contributed by atoms with Crippen LogP contribution in [0, 0.1) is 5.92 Å². The first-order chi connectivity index (χ1) is 15.1. The molecular formula is C25H35N3O3. The molecule has 2 aromatic carbocycles. The molecule has 0 aliphatic rings. The van der Waals surface area contributed by atoms with Gasteiger partial charge in [0.2, 0.25) is 0 Å². The number of ether oxygens (including phenoxy) is 2. The molecule has 0 saturated heterocycles. The highest BCUT2D eigenvalue weighted by Crippen LogP contribution is 2.22. The largest absolute Gasteiger partial charge is 0.465 e. The van der Waals surface area contributed by atoms with Gasteiger partial charge >= 0.3 is 5.97 Å². The Hall–Kier alpha value is -2.73. The maximum absolute atomic E-state index is 11.6. The maximum atomic E-state index is 11.6. The molecular weight excluding hydrogens is 390 g/mol. The Kier molecular flexibility index (Phi) is 10.7. The van der Waals surface area contributed by atoms with E-state index in [1.807, 2.05) is 50.2 Å². The van der Waals surface area contributed by atoms with Crippen LogP contribution >= 0.6 is 0 Å². The van der Waals surface area contributed by atoms with Crippen molar-refractivity contribution in [1.29, 1.82) is 0 Å². The van der Waals surface area contributed by atoms with Gasteiger partial charge in [-0.05, 0) is 62.2 Å². The van der Waals surface area contributed by atoms with Crippen molar-refractivity contribution in [2.24, 2.45) is 16.1 Å². The lowest BCUT2D eigenvalue weighted by Gasteiger charge is -2.20. The second-order valence-corrected chi connectivity index (χ2v) is 7.44. The Morgan fingerprint density at radius 3 is 2.03 bits per heavy atom. The number of benzene rings is 2. The molecule has 0 heterocycles. The summed E-state index contributed by atoms with van der Waals surface area (Å²) in [4.78, 5) is 13.9. The molecule has 0 aromatic heterocycles. The summed E-state index contributed by atoms with van der Waals surface area (Å²) in [5.41, 5.74) is 3.90. The Balaban J connectivity index is 1.72. The van der Waals surface area contributed by atoms with Gasteiger partial charge in [0.05, 0.1) is 37.1 Å². The van der Waals surface area contributed by atoms with E-state index in [1.165, 1.54) is 5.69 Å². The molecule has 6 heteroatoms. The lowest BCUT2D eigenvalue weighted by atomic mass is 10.1. The number of hydrogen-bond acceptors (Lipinski definition) is 6. The molecule has 0 amide bonds. The van der Waals surface area contributed by atoms with Crippen LogP contribution in [-0.4, -0.2) is 32.3 Å². The minimum Gasteiger partial charge on any atom is -0.465 e. The molecule has 0 N–H and O–H groups in total. The average molecular weight is 426 g/mol. The summed E-state index contributed by atoms with van der Waals surface area (Å²) in [5, 5.41) is 8.63. The number of azo groups is 1. The van der Waals surface area contributed by atoms with Crippen molar-refractivity contribution in [3.63, 3.8) is 0 Å². The predicted octanol–water partition coefficient (Wildman–Crippen LogP) is 6.44. The van der Waals surface area contributed by atoms with Gasteiger partial charge in [0.25, 0.3) is 0 Å². The van der Waals surface area contributed by atoms with E-state index in [0.717, 1.165) is 36.4 Å². The molecule has 0 bridgehead atoms. The summed E-state index contributed by atoms with van der Waals surface area (Å²) in [6.45, 7) is 11.6. The number of anilines is 1. The average Bonchev–Trinajstić information content (AvgIpc) is 2.81. The molecule has 0 aliphatic heterocycles. The van der Waals surface area contributed by atoms with Crippen molar-refractivity contribution < 1.29 is 14.3 Å². The van der Waals surface area contributed by atoms with Crippen LogP contribution < -0.4 is 4.90 Å². The minimum absolute atomic E-state index is 0.0385. The first-order valence-electron chi connectivity index (χ1n) is 11.2. The summed E-state index contributed by atoms with van der Waals surface area (Å²) in [5.74, 6) is -0.171. The highest BCUT2D eigenvalue weighted by atomic mass is 16.5. The van der Waals surface area contributed by atoms with Gasteiger partial charge in [-0.1, -0.05) is 26.0 Å². The molecule has 0 fully saturated rings. The van der Waals surface area contributed by atoms with Crippen LogP contribution in [0.4, 0.5) is 17.1 Å². The topological polar surface area (TPSA) is 63.5 Å². The SMILES string of the molecule is CCC(C)C(=O)OCCCOCc1ccc(N=Nc2ccc(N(CC)CC)cc2)cc1. The third-order valence-corrected chi connectivity index (χ3v) is 5.16. The summed E-state index contributed by atoms with van der Waals surface area (Å²) < 4.78 is 10.9. The van der Waals surface area contributed by atoms with Crippen LogP contribution in [0.1, 0.15) is 46.1 Å². The fraction of sp³-hybridized carbons (Fsp3) is 0.480. The van der Waals surface area contributed by atoms with Crippen molar-refractivity contribution in [3.05, 3.63) is 54.1 Å². The second-order valence-electron chi connectivity index (χ2n) is 7.44. The molecule has 1 unspecified atom stereocenters. The second kappa shape index (κ2) is 13.5. The minimum atomic E-state index is -0.132. The monoisotopic (exact) mass is 425 g/mol. The molecule has 1 atom stereocenters. The normalized spacial score (nSPS) is 12.1. The number of carbonyl (C=O) groups is 1. The highest BCUT2D eigenvalue weighted by molar-refractivity contribution is 5.71. The van der Waals surface area contributed by atoms with E-state index in [-0.39, 0.29) is 11.9 Å². The predicted molar refractivity (Wildman–Crippen MR) is 125 cm³/mol. The van der Waals surface area contributed by atoms with Gasteiger partial charge in [0.15, 0.2) is 0 Å². The van der Waals surface area contributed by atoms with Crippen molar-refractivity contribution in [2.45, 2.75) is 47.1 Å². The number of carbonyl (C=O) groups excluding carboxylic acids is 1. The Morgan fingerprint density at radius 2 is 1.48 bits per heavy atom. The van der Waals surface area contributed by atoms with Crippen molar-refractivity contribution >= 4 is 23.0 Å². The summed E-state index contributed by atoms with van der Waals surface area (Å²) in [6, 6.07) is 16.0. The summed E-state index contributed by atoms with van der Waals surface area (Å²) in [7, 11) is 0. The molecule has 6 nitrogen and oxygen atoms in total. The third-order valence-electron chi connectivity index (χ3n) is 5.16.